The van der Waals surface area contributed by atoms with Crippen molar-refractivity contribution in [1.29, 1.82) is 0 Å². The van der Waals surface area contributed by atoms with Gasteiger partial charge in [-0.2, -0.15) is 5.10 Å². The number of halogens is 1. The normalized spacial score (nSPS) is 11.0. The molecule has 0 aliphatic heterocycles. The minimum absolute atomic E-state index is 0.216. The van der Waals surface area contributed by atoms with Gasteiger partial charge in [-0.3, -0.25) is 4.79 Å². The topological polar surface area (TPSA) is 67.2 Å². The quantitative estimate of drug-likeness (QED) is 0.408. The van der Waals surface area contributed by atoms with Crippen molar-refractivity contribution in [3.8, 4) is 11.3 Å². The Morgan fingerprint density at radius 1 is 0.893 bits per heavy atom. The van der Waals surface area contributed by atoms with Crippen molar-refractivity contribution >= 4 is 34.8 Å². The monoisotopic (exact) mass is 386 g/mol. The van der Waals surface area contributed by atoms with Gasteiger partial charge in [-0.25, -0.2) is 15.4 Å². The van der Waals surface area contributed by atoms with Gasteiger partial charge in [0.25, 0.3) is 5.91 Å². The molecule has 0 aliphatic carbocycles. The summed E-state index contributed by atoms with van der Waals surface area (Å²) in [5.74, 6) is -0.435. The zero-order chi connectivity index (χ0) is 19.3. The maximum atomic E-state index is 12.8. The molecule has 0 bridgehead atoms. The molecule has 4 aromatic rings. The van der Waals surface area contributed by atoms with Crippen LogP contribution in [0.2, 0.25) is 5.02 Å². The number of para-hydroxylation sites is 2. The van der Waals surface area contributed by atoms with E-state index in [0.717, 1.165) is 16.6 Å². The molecule has 5 nitrogen and oxygen atoms in total. The molecule has 1 aromatic heterocycles. The van der Waals surface area contributed by atoms with Gasteiger partial charge < -0.3 is 0 Å². The minimum atomic E-state index is -0.435. The summed E-state index contributed by atoms with van der Waals surface area (Å²) in [7, 11) is 0. The third-order valence-electron chi connectivity index (χ3n) is 4.06. The molecule has 4 rings (SSSR count). The van der Waals surface area contributed by atoms with Gasteiger partial charge in [-0.1, -0.05) is 66.2 Å². The fourth-order valence-electron chi connectivity index (χ4n) is 2.76. The molecule has 6 heteroatoms. The first-order valence-corrected chi connectivity index (χ1v) is 9.00. The molecule has 0 saturated heterocycles. The molecule has 1 N–H and O–H groups in total. The molecule has 0 spiro atoms. The van der Waals surface area contributed by atoms with Crippen molar-refractivity contribution in [3.63, 3.8) is 0 Å². The highest BCUT2D eigenvalue weighted by Gasteiger charge is 2.17. The van der Waals surface area contributed by atoms with Crippen LogP contribution in [0, 0.1) is 0 Å². The summed E-state index contributed by atoms with van der Waals surface area (Å²) in [6, 6.07) is 24.1. The maximum absolute atomic E-state index is 12.8. The molecule has 28 heavy (non-hydrogen) atoms. The lowest BCUT2D eigenvalue weighted by molar-refractivity contribution is 0.0951. The van der Waals surface area contributed by atoms with Crippen LogP contribution in [0.3, 0.4) is 0 Å². The van der Waals surface area contributed by atoms with Crippen molar-refractivity contribution in [2.24, 2.45) is 5.10 Å². The zero-order valence-corrected chi connectivity index (χ0v) is 15.5. The van der Waals surface area contributed by atoms with Gasteiger partial charge in [0.05, 0.1) is 17.2 Å². The van der Waals surface area contributed by atoms with Crippen LogP contribution in [0.25, 0.3) is 22.3 Å². The summed E-state index contributed by atoms with van der Waals surface area (Å²) in [5, 5.41) is 4.62. The molecule has 0 radical (unpaired) electrons. The summed E-state index contributed by atoms with van der Waals surface area (Å²) in [6.07, 6.45) is 1.53. The van der Waals surface area contributed by atoms with E-state index in [0.29, 0.717) is 16.2 Å². The summed E-state index contributed by atoms with van der Waals surface area (Å²) in [5.41, 5.74) is 6.21. The van der Waals surface area contributed by atoms with E-state index in [-0.39, 0.29) is 5.69 Å². The molecular formula is C22H15ClN4O. The van der Waals surface area contributed by atoms with E-state index in [9.17, 15) is 4.79 Å². The summed E-state index contributed by atoms with van der Waals surface area (Å²) in [4.78, 5) is 22.0. The summed E-state index contributed by atoms with van der Waals surface area (Å²) >= 11 is 5.96. The molecular weight excluding hydrogens is 372 g/mol. The number of fused-ring (bicyclic) bond motifs is 1. The highest BCUT2D eigenvalue weighted by atomic mass is 35.5. The van der Waals surface area contributed by atoms with Crippen LogP contribution in [0.15, 0.2) is 84.0 Å². The lowest BCUT2D eigenvalue weighted by atomic mass is 10.1. The van der Waals surface area contributed by atoms with Crippen LogP contribution in [0.4, 0.5) is 0 Å². The van der Waals surface area contributed by atoms with Crippen molar-refractivity contribution in [2.45, 2.75) is 0 Å². The van der Waals surface area contributed by atoms with Gasteiger partial charge in [-0.15, -0.1) is 0 Å². The number of nitrogens with one attached hydrogen (secondary N) is 1. The average molecular weight is 387 g/mol. The van der Waals surface area contributed by atoms with Gasteiger partial charge in [-0.05, 0) is 29.8 Å². The van der Waals surface area contributed by atoms with Gasteiger partial charge >= 0.3 is 0 Å². The number of rotatable bonds is 4. The number of aromatic nitrogens is 2. The molecule has 3 aromatic carbocycles. The molecule has 1 heterocycles. The number of hydrogen-bond acceptors (Lipinski definition) is 4. The first-order valence-electron chi connectivity index (χ1n) is 8.62. The van der Waals surface area contributed by atoms with E-state index in [2.05, 4.69) is 20.5 Å². The predicted molar refractivity (Wildman–Crippen MR) is 111 cm³/mol. The number of hydrazone groups is 1. The van der Waals surface area contributed by atoms with E-state index >= 15 is 0 Å². The summed E-state index contributed by atoms with van der Waals surface area (Å²) in [6.45, 7) is 0. The van der Waals surface area contributed by atoms with Gasteiger partial charge in [0.15, 0.2) is 5.69 Å². The highest BCUT2D eigenvalue weighted by molar-refractivity contribution is 6.30. The number of carbonyl (C=O) groups excluding carboxylic acids is 1. The number of benzene rings is 3. The Labute approximate surface area is 166 Å². The fraction of sp³-hybridized carbons (Fsp3) is 0. The lowest BCUT2D eigenvalue weighted by Crippen LogP contribution is -2.20. The van der Waals surface area contributed by atoms with Crippen LogP contribution in [0.5, 0.6) is 0 Å². The average Bonchev–Trinajstić information content (AvgIpc) is 2.73. The van der Waals surface area contributed by atoms with Crippen LogP contribution in [-0.4, -0.2) is 22.1 Å². The Bertz CT molecular complexity index is 1180. The largest absolute Gasteiger partial charge is 0.292 e. The Kier molecular flexibility index (Phi) is 5.08. The Morgan fingerprint density at radius 2 is 1.61 bits per heavy atom. The third kappa shape index (κ3) is 3.89. The van der Waals surface area contributed by atoms with Gasteiger partial charge in [0.2, 0.25) is 0 Å². The predicted octanol–water partition coefficient (Wildman–Crippen LogP) is 4.71. The second-order valence-corrected chi connectivity index (χ2v) is 6.47. The summed E-state index contributed by atoms with van der Waals surface area (Å²) < 4.78 is 0. The minimum Gasteiger partial charge on any atom is -0.265 e. The second-order valence-electron chi connectivity index (χ2n) is 6.03. The number of hydrogen-bond donors (Lipinski definition) is 1. The van der Waals surface area contributed by atoms with E-state index in [4.69, 9.17) is 11.6 Å². The molecule has 0 aliphatic rings. The van der Waals surface area contributed by atoms with Crippen molar-refractivity contribution < 1.29 is 4.79 Å². The van der Waals surface area contributed by atoms with Crippen LogP contribution < -0.4 is 5.43 Å². The molecule has 0 unspecified atom stereocenters. The Hall–Kier alpha value is -3.57. The zero-order valence-electron chi connectivity index (χ0n) is 14.7. The van der Waals surface area contributed by atoms with E-state index in [1.165, 1.54) is 6.21 Å². The smallest absolute Gasteiger partial charge is 0.265 e. The van der Waals surface area contributed by atoms with Crippen LogP contribution in [-0.2, 0) is 0 Å². The highest BCUT2D eigenvalue weighted by Crippen LogP contribution is 2.23. The Morgan fingerprint density at radius 3 is 2.36 bits per heavy atom. The molecule has 0 atom stereocenters. The van der Waals surface area contributed by atoms with Crippen LogP contribution >= 0.6 is 11.6 Å². The maximum Gasteiger partial charge on any atom is 0.292 e. The van der Waals surface area contributed by atoms with E-state index in [1.54, 1.807) is 12.1 Å². The molecule has 0 fully saturated rings. The van der Waals surface area contributed by atoms with Crippen LogP contribution in [0.1, 0.15) is 16.1 Å². The molecule has 0 saturated carbocycles. The first kappa shape index (κ1) is 17.8. The second kappa shape index (κ2) is 7.98. The third-order valence-corrected chi connectivity index (χ3v) is 4.30. The Balaban J connectivity index is 1.69. The van der Waals surface area contributed by atoms with Gasteiger partial charge in [0, 0.05) is 10.6 Å². The van der Waals surface area contributed by atoms with Crippen molar-refractivity contribution in [3.05, 3.63) is 95.1 Å². The lowest BCUT2D eigenvalue weighted by Gasteiger charge is -2.09. The number of amides is 1. The standard InChI is InChI=1S/C22H15ClN4O/c23-17-10-6-7-15(13-17)14-24-27-22(28)21-20(16-8-2-1-3-9-16)25-18-11-4-5-12-19(18)26-21/h1-14H,(H,27,28)/b24-14+. The van der Waals surface area contributed by atoms with E-state index in [1.807, 2.05) is 66.7 Å². The SMILES string of the molecule is O=C(N/N=C/c1cccc(Cl)c1)c1nc2ccccc2nc1-c1ccccc1. The molecule has 136 valence electrons. The number of carbonyl (C=O) groups is 1. The first-order chi connectivity index (χ1) is 13.7. The van der Waals surface area contributed by atoms with Crippen molar-refractivity contribution in [1.82, 2.24) is 15.4 Å². The fourth-order valence-corrected chi connectivity index (χ4v) is 2.96. The number of nitrogens with zero attached hydrogens (tertiary/aromatic N) is 3. The molecule has 1 amide bonds. The van der Waals surface area contributed by atoms with Crippen molar-refractivity contribution in [2.75, 3.05) is 0 Å². The van der Waals surface area contributed by atoms with Gasteiger partial charge in [0.1, 0.15) is 5.69 Å². The van der Waals surface area contributed by atoms with E-state index < -0.39 is 5.91 Å².